The van der Waals surface area contributed by atoms with E-state index in [9.17, 15) is 8.42 Å². The molecule has 1 N–H and O–H groups in total. The Hall–Kier alpha value is -1.81. The summed E-state index contributed by atoms with van der Waals surface area (Å²) in [5.74, 6) is 1.65. The number of ether oxygens (including phenoxy) is 1. The van der Waals surface area contributed by atoms with E-state index in [1.165, 1.54) is 11.8 Å². The third kappa shape index (κ3) is 8.61. The molecule has 0 unspecified atom stereocenters. The maximum absolute atomic E-state index is 11.5. The molecule has 0 atom stereocenters. The van der Waals surface area contributed by atoms with Gasteiger partial charge in [0.05, 0.1) is 11.4 Å². The molecule has 0 saturated carbocycles. The molecule has 0 radical (unpaired) electrons. The SMILES string of the molecule is CN=C(NCCc1ccc(S(C)(=O)=O)cc1)N(C)CCOc1ccc(C)cc1.I. The molecule has 2 rings (SSSR count). The fraction of sp³-hybridized carbons (Fsp3) is 0.381. The first-order valence-corrected chi connectivity index (χ1v) is 11.1. The Kier molecular flexibility index (Phi) is 10.5. The lowest BCUT2D eigenvalue weighted by Crippen LogP contribution is -2.41. The van der Waals surface area contributed by atoms with E-state index in [2.05, 4.69) is 10.3 Å². The molecule has 2 aromatic rings. The summed E-state index contributed by atoms with van der Waals surface area (Å²) in [5.41, 5.74) is 2.28. The second-order valence-electron chi connectivity index (χ2n) is 6.72. The zero-order valence-electron chi connectivity index (χ0n) is 17.4. The van der Waals surface area contributed by atoms with Crippen LogP contribution in [-0.4, -0.2) is 59.3 Å². The topological polar surface area (TPSA) is 71.0 Å². The number of rotatable bonds is 8. The number of sulfone groups is 1. The summed E-state index contributed by atoms with van der Waals surface area (Å²) in [6, 6.07) is 15.0. The van der Waals surface area contributed by atoms with E-state index in [-0.39, 0.29) is 24.0 Å². The van der Waals surface area contributed by atoms with Gasteiger partial charge in [0.25, 0.3) is 0 Å². The largest absolute Gasteiger partial charge is 0.492 e. The maximum atomic E-state index is 11.5. The van der Waals surface area contributed by atoms with E-state index < -0.39 is 9.84 Å². The molecular formula is C21H30IN3O3S. The molecule has 0 aliphatic rings. The lowest BCUT2D eigenvalue weighted by atomic mass is 10.1. The zero-order valence-corrected chi connectivity index (χ0v) is 20.5. The quantitative estimate of drug-likeness (QED) is 0.322. The van der Waals surface area contributed by atoms with Crippen LogP contribution in [0.2, 0.25) is 0 Å². The number of guanidine groups is 1. The number of nitrogens with zero attached hydrogens (tertiary/aromatic N) is 2. The molecule has 8 heteroatoms. The van der Waals surface area contributed by atoms with E-state index in [1.54, 1.807) is 19.2 Å². The van der Waals surface area contributed by atoms with Crippen LogP contribution >= 0.6 is 24.0 Å². The van der Waals surface area contributed by atoms with Crippen molar-refractivity contribution in [2.24, 2.45) is 4.99 Å². The van der Waals surface area contributed by atoms with Crippen molar-refractivity contribution < 1.29 is 13.2 Å². The first-order chi connectivity index (χ1) is 13.3. The van der Waals surface area contributed by atoms with Gasteiger partial charge in [0.15, 0.2) is 15.8 Å². The van der Waals surface area contributed by atoms with Crippen molar-refractivity contribution in [2.75, 3.05) is 40.0 Å². The summed E-state index contributed by atoms with van der Waals surface area (Å²) in [7, 11) is 0.564. The predicted molar refractivity (Wildman–Crippen MR) is 129 cm³/mol. The Morgan fingerprint density at radius 1 is 1.10 bits per heavy atom. The molecule has 29 heavy (non-hydrogen) atoms. The minimum Gasteiger partial charge on any atom is -0.492 e. The molecule has 0 bridgehead atoms. The third-order valence-corrected chi connectivity index (χ3v) is 5.47. The van der Waals surface area contributed by atoms with Crippen LogP contribution in [-0.2, 0) is 16.3 Å². The van der Waals surface area contributed by atoms with Crippen molar-refractivity contribution in [1.29, 1.82) is 0 Å². The fourth-order valence-corrected chi connectivity index (χ4v) is 3.28. The van der Waals surface area contributed by atoms with Crippen LogP contribution in [0, 0.1) is 6.92 Å². The minimum absolute atomic E-state index is 0. The highest BCUT2D eigenvalue weighted by Gasteiger charge is 2.08. The molecule has 6 nitrogen and oxygen atoms in total. The van der Waals surface area contributed by atoms with Gasteiger partial charge >= 0.3 is 0 Å². The molecule has 160 valence electrons. The number of benzene rings is 2. The number of aliphatic imine (C=N–C) groups is 1. The van der Waals surface area contributed by atoms with Gasteiger partial charge in [0, 0.05) is 26.9 Å². The first-order valence-electron chi connectivity index (χ1n) is 9.20. The summed E-state index contributed by atoms with van der Waals surface area (Å²) in [5, 5.41) is 3.32. The van der Waals surface area contributed by atoms with E-state index >= 15 is 0 Å². The highest BCUT2D eigenvalue weighted by molar-refractivity contribution is 14.0. The van der Waals surface area contributed by atoms with Gasteiger partial charge in [-0.05, 0) is 43.2 Å². The van der Waals surface area contributed by atoms with E-state index in [4.69, 9.17) is 4.74 Å². The van der Waals surface area contributed by atoms with Gasteiger partial charge in [0.2, 0.25) is 0 Å². The van der Waals surface area contributed by atoms with Crippen LogP contribution in [0.4, 0.5) is 0 Å². The fourth-order valence-electron chi connectivity index (χ4n) is 2.65. The Morgan fingerprint density at radius 3 is 2.28 bits per heavy atom. The maximum Gasteiger partial charge on any atom is 0.193 e. The number of likely N-dealkylation sites (N-methyl/N-ethyl adjacent to an activating group) is 1. The van der Waals surface area contributed by atoms with Crippen molar-refractivity contribution in [1.82, 2.24) is 10.2 Å². The molecule has 0 heterocycles. The number of hydrogen-bond acceptors (Lipinski definition) is 4. The molecule has 0 saturated heterocycles. The Morgan fingerprint density at radius 2 is 1.72 bits per heavy atom. The van der Waals surface area contributed by atoms with Crippen LogP contribution < -0.4 is 10.1 Å². The van der Waals surface area contributed by atoms with Crippen LogP contribution in [0.15, 0.2) is 58.4 Å². The average molecular weight is 531 g/mol. The molecule has 0 aliphatic heterocycles. The summed E-state index contributed by atoms with van der Waals surface area (Å²) in [6.07, 6.45) is 1.99. The predicted octanol–water partition coefficient (Wildman–Crippen LogP) is 3.15. The third-order valence-electron chi connectivity index (χ3n) is 4.34. The summed E-state index contributed by atoms with van der Waals surface area (Å²) < 4.78 is 28.8. The van der Waals surface area contributed by atoms with E-state index in [0.29, 0.717) is 24.6 Å². The molecular weight excluding hydrogens is 501 g/mol. The number of halogens is 1. The van der Waals surface area contributed by atoms with Crippen LogP contribution in [0.25, 0.3) is 0 Å². The van der Waals surface area contributed by atoms with Gasteiger partial charge in [-0.1, -0.05) is 29.8 Å². The summed E-state index contributed by atoms with van der Waals surface area (Å²) in [6.45, 7) is 4.02. The van der Waals surface area contributed by atoms with Crippen molar-refractivity contribution in [3.8, 4) is 5.75 Å². The standard InChI is InChI=1S/C21H29N3O3S.HI/c1-17-5-9-19(10-6-17)27-16-15-24(3)21(22-2)23-14-13-18-7-11-20(12-8-18)28(4,25)26;/h5-12H,13-16H2,1-4H3,(H,22,23);1H. The summed E-state index contributed by atoms with van der Waals surface area (Å²) in [4.78, 5) is 6.66. The molecule has 0 spiro atoms. The average Bonchev–Trinajstić information content (AvgIpc) is 2.66. The molecule has 0 amide bonds. The van der Waals surface area contributed by atoms with Gasteiger partial charge in [-0.25, -0.2) is 8.42 Å². The highest BCUT2D eigenvalue weighted by Crippen LogP contribution is 2.11. The first kappa shape index (κ1) is 25.2. The lowest BCUT2D eigenvalue weighted by molar-refractivity contribution is 0.281. The molecule has 0 fully saturated rings. The summed E-state index contributed by atoms with van der Waals surface area (Å²) >= 11 is 0. The Bertz CT molecular complexity index is 882. The van der Waals surface area contributed by atoms with E-state index in [0.717, 1.165) is 23.7 Å². The highest BCUT2D eigenvalue weighted by atomic mass is 127. The minimum atomic E-state index is -3.15. The Balaban J connectivity index is 0.00000420. The van der Waals surface area contributed by atoms with Gasteiger partial charge in [-0.3, -0.25) is 4.99 Å². The molecule has 0 aromatic heterocycles. The second kappa shape index (κ2) is 12.0. The van der Waals surface area contributed by atoms with Gasteiger partial charge in [-0.15, -0.1) is 24.0 Å². The van der Waals surface area contributed by atoms with Gasteiger partial charge in [-0.2, -0.15) is 0 Å². The van der Waals surface area contributed by atoms with Crippen molar-refractivity contribution >= 4 is 39.8 Å². The lowest BCUT2D eigenvalue weighted by Gasteiger charge is -2.22. The molecule has 2 aromatic carbocycles. The second-order valence-corrected chi connectivity index (χ2v) is 8.74. The van der Waals surface area contributed by atoms with Gasteiger partial charge < -0.3 is 15.0 Å². The van der Waals surface area contributed by atoms with Crippen LogP contribution in [0.1, 0.15) is 11.1 Å². The van der Waals surface area contributed by atoms with Crippen molar-refractivity contribution in [3.63, 3.8) is 0 Å². The van der Waals surface area contributed by atoms with Crippen LogP contribution in [0.3, 0.4) is 0 Å². The smallest absolute Gasteiger partial charge is 0.193 e. The molecule has 0 aliphatic carbocycles. The van der Waals surface area contributed by atoms with Crippen LogP contribution in [0.5, 0.6) is 5.75 Å². The van der Waals surface area contributed by atoms with Crippen molar-refractivity contribution in [3.05, 3.63) is 59.7 Å². The van der Waals surface area contributed by atoms with Crippen molar-refractivity contribution in [2.45, 2.75) is 18.2 Å². The normalized spacial score (nSPS) is 11.5. The Labute approximate surface area is 191 Å². The van der Waals surface area contributed by atoms with E-state index in [1.807, 2.05) is 55.3 Å². The number of hydrogen-bond donors (Lipinski definition) is 1. The zero-order chi connectivity index (χ0) is 20.6. The van der Waals surface area contributed by atoms with Gasteiger partial charge in [0.1, 0.15) is 12.4 Å². The monoisotopic (exact) mass is 531 g/mol. The number of aryl methyl sites for hydroxylation is 1. The number of nitrogens with one attached hydrogen (secondary N) is 1.